The van der Waals surface area contributed by atoms with Crippen molar-refractivity contribution < 1.29 is 4.42 Å². The van der Waals surface area contributed by atoms with Crippen LogP contribution in [0.1, 0.15) is 13.3 Å². The molecular weight excluding hydrogens is 304 g/mol. The summed E-state index contributed by atoms with van der Waals surface area (Å²) in [6.45, 7) is 2.61. The lowest BCUT2D eigenvalue weighted by molar-refractivity contribution is 0.580. The van der Waals surface area contributed by atoms with Crippen molar-refractivity contribution in [1.29, 1.82) is 0 Å². The van der Waals surface area contributed by atoms with E-state index in [0.717, 1.165) is 12.0 Å². The fourth-order valence-corrected chi connectivity index (χ4v) is 2.39. The van der Waals surface area contributed by atoms with E-state index in [0.29, 0.717) is 23.6 Å². The van der Waals surface area contributed by atoms with Gasteiger partial charge in [0.1, 0.15) is 5.69 Å². The summed E-state index contributed by atoms with van der Waals surface area (Å²) in [4.78, 5) is 20.6. The summed E-state index contributed by atoms with van der Waals surface area (Å²) in [5, 5.41) is 0. The molecule has 24 heavy (non-hydrogen) atoms. The molecule has 0 fully saturated rings. The fraction of sp³-hybridized carbons (Fsp3) is 0.167. The minimum absolute atomic E-state index is 0.0875. The first-order valence-corrected chi connectivity index (χ1v) is 7.71. The topological polar surface area (TPSA) is 86.9 Å². The van der Waals surface area contributed by atoms with Crippen LogP contribution >= 0.6 is 0 Å². The van der Waals surface area contributed by atoms with Gasteiger partial charge < -0.3 is 14.7 Å². The number of aromatic nitrogens is 3. The zero-order valence-corrected chi connectivity index (χ0v) is 13.3. The summed E-state index contributed by atoms with van der Waals surface area (Å²) in [6.07, 6.45) is 9.89. The number of hydrogen-bond donors (Lipinski definition) is 1. The van der Waals surface area contributed by atoms with Crippen molar-refractivity contribution in [2.75, 3.05) is 5.73 Å². The number of nitrogens with two attached hydrogens (primary N) is 1. The van der Waals surface area contributed by atoms with E-state index in [1.54, 1.807) is 41.4 Å². The lowest BCUT2D eigenvalue weighted by Crippen LogP contribution is -2.17. The Morgan fingerprint density at radius 2 is 2.21 bits per heavy atom. The van der Waals surface area contributed by atoms with Gasteiger partial charge in [0.2, 0.25) is 5.95 Å². The Labute approximate surface area is 139 Å². The van der Waals surface area contributed by atoms with Crippen molar-refractivity contribution in [3.05, 3.63) is 65.4 Å². The van der Waals surface area contributed by atoms with Crippen molar-refractivity contribution in [2.45, 2.75) is 19.9 Å². The Morgan fingerprint density at radius 3 is 2.92 bits per heavy atom. The Hall–Kier alpha value is -3.15. The molecule has 3 heterocycles. The second kappa shape index (κ2) is 6.95. The third-order valence-electron chi connectivity index (χ3n) is 3.57. The van der Waals surface area contributed by atoms with Crippen LogP contribution in [0.3, 0.4) is 0 Å². The van der Waals surface area contributed by atoms with Gasteiger partial charge in [0, 0.05) is 30.6 Å². The Morgan fingerprint density at radius 1 is 1.33 bits per heavy atom. The van der Waals surface area contributed by atoms with E-state index >= 15 is 0 Å². The van der Waals surface area contributed by atoms with E-state index < -0.39 is 0 Å². The van der Waals surface area contributed by atoms with E-state index in [-0.39, 0.29) is 11.5 Å². The zero-order chi connectivity index (χ0) is 16.9. The van der Waals surface area contributed by atoms with E-state index in [9.17, 15) is 4.79 Å². The molecule has 2 N–H and O–H groups in total. The van der Waals surface area contributed by atoms with Crippen LogP contribution in [0.4, 0.5) is 5.95 Å². The van der Waals surface area contributed by atoms with Crippen LogP contribution in [0.15, 0.2) is 64.3 Å². The molecule has 0 saturated carbocycles. The lowest BCUT2D eigenvalue weighted by Gasteiger charge is -2.08. The van der Waals surface area contributed by atoms with Gasteiger partial charge in [-0.1, -0.05) is 19.1 Å². The molecule has 0 aliphatic rings. The number of rotatable bonds is 5. The van der Waals surface area contributed by atoms with Gasteiger partial charge in [-0.2, -0.15) is 0 Å². The van der Waals surface area contributed by atoms with Crippen molar-refractivity contribution >= 4 is 5.95 Å². The highest BCUT2D eigenvalue weighted by Gasteiger charge is 2.13. The standard InChI is InChI=1S/C18H18N4O2/c1-2-3-4-8-22-9-7-13(11-16(22)23)14-12-20-18(19)21-17(14)15-6-5-10-24-15/h3-7,9-12H,2,8H2,1H3,(H2,19,20,21)/b4-3+. The average molecular weight is 322 g/mol. The molecule has 122 valence electrons. The Balaban J connectivity index is 2.02. The molecule has 0 amide bonds. The first kappa shape index (κ1) is 15.7. The molecule has 0 aliphatic heterocycles. The van der Waals surface area contributed by atoms with Crippen LogP contribution in [-0.2, 0) is 6.54 Å². The van der Waals surface area contributed by atoms with Crippen LogP contribution in [-0.4, -0.2) is 14.5 Å². The van der Waals surface area contributed by atoms with Crippen molar-refractivity contribution in [3.63, 3.8) is 0 Å². The molecule has 0 saturated heterocycles. The summed E-state index contributed by atoms with van der Waals surface area (Å²) < 4.78 is 7.06. The van der Waals surface area contributed by atoms with Crippen molar-refractivity contribution in [1.82, 2.24) is 14.5 Å². The zero-order valence-electron chi connectivity index (χ0n) is 13.3. The van der Waals surface area contributed by atoms with Crippen LogP contribution in [0, 0.1) is 0 Å². The predicted molar refractivity (Wildman–Crippen MR) is 93.3 cm³/mol. The molecule has 0 spiro atoms. The Kier molecular flexibility index (Phi) is 4.56. The number of hydrogen-bond acceptors (Lipinski definition) is 5. The molecule has 3 aromatic heterocycles. The average Bonchev–Trinajstić information content (AvgIpc) is 3.11. The third-order valence-corrected chi connectivity index (χ3v) is 3.57. The van der Waals surface area contributed by atoms with Crippen molar-refractivity contribution in [2.24, 2.45) is 0 Å². The SMILES string of the molecule is CC/C=C/Cn1ccc(-c2cnc(N)nc2-c2ccco2)cc1=O. The molecule has 3 aromatic rings. The maximum Gasteiger partial charge on any atom is 0.251 e. The molecule has 0 radical (unpaired) electrons. The fourth-order valence-electron chi connectivity index (χ4n) is 2.39. The third kappa shape index (κ3) is 3.27. The number of furan rings is 1. The van der Waals surface area contributed by atoms with Gasteiger partial charge in [0.15, 0.2) is 5.76 Å². The van der Waals surface area contributed by atoms with E-state index in [1.807, 2.05) is 18.2 Å². The summed E-state index contributed by atoms with van der Waals surface area (Å²) in [6, 6.07) is 7.00. The number of nitrogens with zero attached hydrogens (tertiary/aromatic N) is 3. The summed E-state index contributed by atoms with van der Waals surface area (Å²) in [5.74, 6) is 0.734. The van der Waals surface area contributed by atoms with Crippen LogP contribution in [0.2, 0.25) is 0 Å². The number of allylic oxidation sites excluding steroid dienone is 2. The Bertz CT molecular complexity index is 911. The minimum Gasteiger partial charge on any atom is -0.463 e. The van der Waals surface area contributed by atoms with Gasteiger partial charge in [0.05, 0.1) is 6.26 Å². The van der Waals surface area contributed by atoms with Gasteiger partial charge in [-0.25, -0.2) is 9.97 Å². The van der Waals surface area contributed by atoms with E-state index in [1.165, 1.54) is 0 Å². The van der Waals surface area contributed by atoms with Crippen LogP contribution in [0.5, 0.6) is 0 Å². The van der Waals surface area contributed by atoms with Gasteiger partial charge in [-0.05, 0) is 30.2 Å². The summed E-state index contributed by atoms with van der Waals surface area (Å²) in [5.41, 5.74) is 7.60. The predicted octanol–water partition coefficient (Wildman–Crippen LogP) is 3.11. The molecule has 0 aromatic carbocycles. The van der Waals surface area contributed by atoms with E-state index in [4.69, 9.17) is 10.2 Å². The summed E-state index contributed by atoms with van der Waals surface area (Å²) >= 11 is 0. The largest absolute Gasteiger partial charge is 0.463 e. The second-order valence-electron chi connectivity index (χ2n) is 5.25. The first-order valence-electron chi connectivity index (χ1n) is 7.71. The second-order valence-corrected chi connectivity index (χ2v) is 5.25. The van der Waals surface area contributed by atoms with Gasteiger partial charge in [-0.15, -0.1) is 0 Å². The van der Waals surface area contributed by atoms with Gasteiger partial charge in [-0.3, -0.25) is 4.79 Å². The van der Waals surface area contributed by atoms with Crippen molar-refractivity contribution in [3.8, 4) is 22.6 Å². The molecule has 6 heteroatoms. The lowest BCUT2D eigenvalue weighted by atomic mass is 10.1. The normalized spacial score (nSPS) is 11.2. The molecular formula is C18H18N4O2. The monoisotopic (exact) mass is 322 g/mol. The van der Waals surface area contributed by atoms with Crippen LogP contribution < -0.4 is 11.3 Å². The highest BCUT2D eigenvalue weighted by atomic mass is 16.3. The quantitative estimate of drug-likeness (QED) is 0.729. The highest BCUT2D eigenvalue weighted by Crippen LogP contribution is 2.29. The van der Waals surface area contributed by atoms with Gasteiger partial charge in [0.25, 0.3) is 5.56 Å². The molecule has 0 bridgehead atoms. The number of nitrogen functional groups attached to an aromatic ring is 1. The number of pyridine rings is 1. The summed E-state index contributed by atoms with van der Waals surface area (Å²) in [7, 11) is 0. The van der Waals surface area contributed by atoms with Gasteiger partial charge >= 0.3 is 0 Å². The maximum atomic E-state index is 12.3. The van der Waals surface area contributed by atoms with Crippen LogP contribution in [0.25, 0.3) is 22.6 Å². The molecule has 0 aliphatic carbocycles. The molecule has 0 atom stereocenters. The van der Waals surface area contributed by atoms with E-state index in [2.05, 4.69) is 16.9 Å². The maximum absolute atomic E-state index is 12.3. The minimum atomic E-state index is -0.0875. The smallest absolute Gasteiger partial charge is 0.251 e. The first-order chi connectivity index (χ1) is 11.7. The molecule has 0 unspecified atom stereocenters. The molecule has 6 nitrogen and oxygen atoms in total. The highest BCUT2D eigenvalue weighted by molar-refractivity contribution is 5.78. The molecule has 3 rings (SSSR count). The number of anilines is 1.